The summed E-state index contributed by atoms with van der Waals surface area (Å²) in [5, 5.41) is 10.9. The van der Waals surface area contributed by atoms with Crippen LogP contribution in [0.3, 0.4) is 0 Å². The largest absolute Gasteiger partial charge is 0.454 e. The summed E-state index contributed by atoms with van der Waals surface area (Å²) in [5.74, 6) is 7.17. The number of hydrogen-bond donors (Lipinski definition) is 1. The third-order valence-corrected chi connectivity index (χ3v) is 3.34. The minimum atomic E-state index is -0.168. The van der Waals surface area contributed by atoms with Crippen LogP contribution in [0.5, 0.6) is 11.5 Å². The van der Waals surface area contributed by atoms with Crippen LogP contribution < -0.4 is 9.47 Å². The SMILES string of the molecule is CCOCc1cc2ccc3c(c2cc1C#CCO)OCO3. The van der Waals surface area contributed by atoms with E-state index in [1.54, 1.807) is 0 Å². The van der Waals surface area contributed by atoms with Crippen molar-refractivity contribution in [3.63, 3.8) is 0 Å². The van der Waals surface area contributed by atoms with E-state index in [-0.39, 0.29) is 13.4 Å². The molecular weight excluding hydrogens is 268 g/mol. The first-order chi connectivity index (χ1) is 10.3. The Kier molecular flexibility index (Phi) is 3.96. The van der Waals surface area contributed by atoms with Crippen molar-refractivity contribution in [2.45, 2.75) is 13.5 Å². The van der Waals surface area contributed by atoms with Gasteiger partial charge in [0.15, 0.2) is 11.5 Å². The fourth-order valence-electron chi connectivity index (χ4n) is 2.37. The molecule has 4 nitrogen and oxygen atoms in total. The van der Waals surface area contributed by atoms with Gasteiger partial charge >= 0.3 is 0 Å². The summed E-state index contributed by atoms with van der Waals surface area (Å²) in [7, 11) is 0. The Labute approximate surface area is 123 Å². The molecule has 0 aliphatic carbocycles. The van der Waals surface area contributed by atoms with Crippen LogP contribution >= 0.6 is 0 Å². The number of hydrogen-bond acceptors (Lipinski definition) is 4. The molecule has 1 aliphatic heterocycles. The van der Waals surface area contributed by atoms with Crippen molar-refractivity contribution in [3.8, 4) is 23.3 Å². The summed E-state index contributed by atoms with van der Waals surface area (Å²) in [4.78, 5) is 0. The van der Waals surface area contributed by atoms with Crippen molar-refractivity contribution in [1.29, 1.82) is 0 Å². The highest BCUT2D eigenvalue weighted by molar-refractivity contribution is 5.93. The average molecular weight is 284 g/mol. The molecule has 0 unspecified atom stereocenters. The molecule has 0 saturated carbocycles. The van der Waals surface area contributed by atoms with Crippen molar-refractivity contribution in [1.82, 2.24) is 0 Å². The minimum absolute atomic E-state index is 0.168. The normalized spacial score (nSPS) is 12.3. The lowest BCUT2D eigenvalue weighted by Gasteiger charge is -2.09. The van der Waals surface area contributed by atoms with Gasteiger partial charge in [0.2, 0.25) is 6.79 Å². The third kappa shape index (κ3) is 2.66. The Balaban J connectivity index is 2.15. The Morgan fingerprint density at radius 1 is 1.29 bits per heavy atom. The molecule has 3 rings (SSSR count). The maximum absolute atomic E-state index is 8.91. The second-order valence-corrected chi connectivity index (χ2v) is 4.63. The summed E-state index contributed by atoms with van der Waals surface area (Å²) >= 11 is 0. The molecule has 1 aliphatic rings. The number of ether oxygens (including phenoxy) is 3. The van der Waals surface area contributed by atoms with E-state index < -0.39 is 0 Å². The van der Waals surface area contributed by atoms with Gasteiger partial charge in [0.05, 0.1) is 6.61 Å². The van der Waals surface area contributed by atoms with Crippen LogP contribution in [-0.4, -0.2) is 25.1 Å². The van der Waals surface area contributed by atoms with Crippen molar-refractivity contribution in [2.75, 3.05) is 20.0 Å². The number of benzene rings is 2. The van der Waals surface area contributed by atoms with Gasteiger partial charge in [-0.2, -0.15) is 0 Å². The van der Waals surface area contributed by atoms with Gasteiger partial charge < -0.3 is 19.3 Å². The molecule has 1 heterocycles. The van der Waals surface area contributed by atoms with Crippen LogP contribution in [-0.2, 0) is 11.3 Å². The van der Waals surface area contributed by atoms with Crippen LogP contribution in [0.1, 0.15) is 18.1 Å². The molecule has 0 saturated heterocycles. The van der Waals surface area contributed by atoms with Crippen LogP contribution in [0.25, 0.3) is 10.8 Å². The van der Waals surface area contributed by atoms with Gasteiger partial charge in [-0.05, 0) is 36.1 Å². The fraction of sp³-hybridized carbons (Fsp3) is 0.294. The molecule has 0 aromatic heterocycles. The molecular formula is C17H16O4. The van der Waals surface area contributed by atoms with E-state index in [1.165, 1.54) is 0 Å². The zero-order chi connectivity index (χ0) is 14.7. The first-order valence-electron chi connectivity index (χ1n) is 6.86. The zero-order valence-electron chi connectivity index (χ0n) is 11.8. The summed E-state index contributed by atoms with van der Waals surface area (Å²) in [5.41, 5.74) is 1.85. The zero-order valence-corrected chi connectivity index (χ0v) is 11.8. The molecule has 4 heteroatoms. The van der Waals surface area contributed by atoms with Gasteiger partial charge in [0.1, 0.15) is 6.61 Å². The molecule has 0 radical (unpaired) electrons. The van der Waals surface area contributed by atoms with E-state index in [9.17, 15) is 0 Å². The standard InChI is InChI=1S/C17H16O4/c1-2-19-10-14-8-13-5-6-16-17(21-11-20-16)15(13)9-12(14)4-3-7-18/h5-6,8-9,18H,2,7,10-11H2,1H3. The van der Waals surface area contributed by atoms with E-state index in [0.29, 0.717) is 13.2 Å². The second kappa shape index (κ2) is 6.04. The predicted octanol–water partition coefficient (Wildman–Crippen LogP) is 2.45. The highest BCUT2D eigenvalue weighted by atomic mass is 16.7. The third-order valence-electron chi connectivity index (χ3n) is 3.34. The van der Waals surface area contributed by atoms with Crippen molar-refractivity contribution in [3.05, 3.63) is 35.4 Å². The fourth-order valence-corrected chi connectivity index (χ4v) is 2.37. The van der Waals surface area contributed by atoms with Gasteiger partial charge in [-0.3, -0.25) is 0 Å². The van der Waals surface area contributed by atoms with Crippen molar-refractivity contribution >= 4 is 10.8 Å². The second-order valence-electron chi connectivity index (χ2n) is 4.63. The van der Waals surface area contributed by atoms with Crippen LogP contribution in [0, 0.1) is 11.8 Å². The molecule has 0 bridgehead atoms. The highest BCUT2D eigenvalue weighted by Gasteiger charge is 2.17. The minimum Gasteiger partial charge on any atom is -0.454 e. The van der Waals surface area contributed by atoms with Crippen molar-refractivity contribution in [2.24, 2.45) is 0 Å². The maximum Gasteiger partial charge on any atom is 0.231 e. The monoisotopic (exact) mass is 284 g/mol. The molecule has 0 amide bonds. The van der Waals surface area contributed by atoms with Gasteiger partial charge in [0, 0.05) is 17.6 Å². The maximum atomic E-state index is 8.91. The Morgan fingerprint density at radius 3 is 3.00 bits per heavy atom. The predicted molar refractivity (Wildman–Crippen MR) is 79.4 cm³/mol. The van der Waals surface area contributed by atoms with Crippen LogP contribution in [0.15, 0.2) is 24.3 Å². The smallest absolute Gasteiger partial charge is 0.231 e. The lowest BCUT2D eigenvalue weighted by atomic mass is 10.0. The van der Waals surface area contributed by atoms with Gasteiger partial charge in [0.25, 0.3) is 0 Å². The average Bonchev–Trinajstić information content (AvgIpc) is 2.99. The molecule has 108 valence electrons. The molecule has 2 aromatic rings. The molecule has 21 heavy (non-hydrogen) atoms. The van der Waals surface area contributed by atoms with E-state index in [4.69, 9.17) is 19.3 Å². The molecule has 1 N–H and O–H groups in total. The number of rotatable bonds is 3. The van der Waals surface area contributed by atoms with Gasteiger partial charge in [-0.25, -0.2) is 0 Å². The summed E-state index contributed by atoms with van der Waals surface area (Å²) < 4.78 is 16.4. The van der Waals surface area contributed by atoms with E-state index in [2.05, 4.69) is 11.8 Å². The Hall–Kier alpha value is -2.22. The van der Waals surface area contributed by atoms with E-state index >= 15 is 0 Å². The van der Waals surface area contributed by atoms with E-state index in [1.807, 2.05) is 31.2 Å². The van der Waals surface area contributed by atoms with E-state index in [0.717, 1.165) is 33.4 Å². The quantitative estimate of drug-likeness (QED) is 0.880. The summed E-state index contributed by atoms with van der Waals surface area (Å²) in [6, 6.07) is 7.93. The molecule has 0 spiro atoms. The van der Waals surface area contributed by atoms with Crippen molar-refractivity contribution < 1.29 is 19.3 Å². The van der Waals surface area contributed by atoms with Gasteiger partial charge in [-0.1, -0.05) is 17.9 Å². The molecule has 2 aromatic carbocycles. The molecule has 0 atom stereocenters. The number of aliphatic hydroxyl groups excluding tert-OH is 1. The lowest BCUT2D eigenvalue weighted by molar-refractivity contribution is 0.134. The topological polar surface area (TPSA) is 47.9 Å². The lowest BCUT2D eigenvalue weighted by Crippen LogP contribution is -1.97. The van der Waals surface area contributed by atoms with Crippen LogP contribution in [0.2, 0.25) is 0 Å². The van der Waals surface area contributed by atoms with Crippen LogP contribution in [0.4, 0.5) is 0 Å². The number of fused-ring (bicyclic) bond motifs is 3. The molecule has 0 fully saturated rings. The highest BCUT2D eigenvalue weighted by Crippen LogP contribution is 2.40. The van der Waals surface area contributed by atoms with Gasteiger partial charge in [-0.15, -0.1) is 0 Å². The summed E-state index contributed by atoms with van der Waals surface area (Å²) in [6.45, 7) is 3.17. The Morgan fingerprint density at radius 2 is 2.19 bits per heavy atom. The Bertz CT molecular complexity index is 725. The first-order valence-corrected chi connectivity index (χ1v) is 6.86. The first kappa shape index (κ1) is 13.7. The number of aliphatic hydroxyl groups is 1. The summed E-state index contributed by atoms with van der Waals surface area (Å²) in [6.07, 6.45) is 0.